The van der Waals surface area contributed by atoms with Crippen LogP contribution in [0.4, 0.5) is 5.69 Å². The zero-order chi connectivity index (χ0) is 12.5. The Labute approximate surface area is 108 Å². The molecular weight excluding hydrogens is 222 g/mol. The zero-order valence-electron chi connectivity index (χ0n) is 11.0. The summed E-state index contributed by atoms with van der Waals surface area (Å²) in [5.41, 5.74) is 5.32. The number of hydrogen-bond donors (Lipinski definition) is 1. The van der Waals surface area contributed by atoms with Crippen molar-refractivity contribution in [2.45, 2.75) is 32.2 Å². The van der Waals surface area contributed by atoms with Crippen molar-refractivity contribution in [3.63, 3.8) is 0 Å². The van der Waals surface area contributed by atoms with Gasteiger partial charge in [0, 0.05) is 19.3 Å². The summed E-state index contributed by atoms with van der Waals surface area (Å²) in [6.45, 7) is 2.15. The lowest BCUT2D eigenvalue weighted by Crippen LogP contribution is -2.19. The van der Waals surface area contributed by atoms with E-state index in [0.29, 0.717) is 6.04 Å². The van der Waals surface area contributed by atoms with Crippen LogP contribution in [0.25, 0.3) is 0 Å². The number of benzene rings is 1. The van der Waals surface area contributed by atoms with Gasteiger partial charge in [-0.2, -0.15) is 5.10 Å². The smallest absolute Gasteiger partial charge is 0.0853 e. The molecule has 0 saturated carbocycles. The van der Waals surface area contributed by atoms with E-state index in [0.717, 1.165) is 25.0 Å². The molecule has 1 aliphatic rings. The Morgan fingerprint density at radius 2 is 1.94 bits per heavy atom. The van der Waals surface area contributed by atoms with Crippen molar-refractivity contribution in [2.75, 3.05) is 5.32 Å². The van der Waals surface area contributed by atoms with Gasteiger partial charge >= 0.3 is 0 Å². The Morgan fingerprint density at radius 3 is 2.56 bits per heavy atom. The molecule has 2 aromatic rings. The van der Waals surface area contributed by atoms with Crippen LogP contribution in [0.1, 0.15) is 23.7 Å². The highest BCUT2D eigenvalue weighted by Gasteiger charge is 2.21. The van der Waals surface area contributed by atoms with Crippen LogP contribution in [0, 0.1) is 0 Å². The molecule has 0 saturated heterocycles. The van der Waals surface area contributed by atoms with Crippen LogP contribution in [0.15, 0.2) is 30.5 Å². The quantitative estimate of drug-likeness (QED) is 0.895. The lowest BCUT2D eigenvalue weighted by molar-refractivity contribution is 0.746. The Kier molecular flexibility index (Phi) is 2.82. The zero-order valence-corrected chi connectivity index (χ0v) is 11.0. The minimum absolute atomic E-state index is 0.511. The van der Waals surface area contributed by atoms with Gasteiger partial charge in [-0.1, -0.05) is 31.2 Å². The number of nitrogens with one attached hydrogen (secondary N) is 1. The largest absolute Gasteiger partial charge is 0.379 e. The van der Waals surface area contributed by atoms with Crippen LogP contribution in [0.5, 0.6) is 0 Å². The van der Waals surface area contributed by atoms with Gasteiger partial charge in [0.2, 0.25) is 0 Å². The van der Waals surface area contributed by atoms with Crippen LogP contribution < -0.4 is 5.32 Å². The number of nitrogens with zero attached hydrogens (tertiary/aromatic N) is 2. The molecule has 94 valence electrons. The molecule has 1 aliphatic carbocycles. The van der Waals surface area contributed by atoms with E-state index in [1.54, 1.807) is 0 Å². The molecule has 0 bridgehead atoms. The fourth-order valence-corrected chi connectivity index (χ4v) is 2.80. The predicted octanol–water partition coefficient (Wildman–Crippen LogP) is 2.56. The van der Waals surface area contributed by atoms with Crippen LogP contribution in [-0.4, -0.2) is 15.8 Å². The number of fused-ring (bicyclic) bond motifs is 1. The van der Waals surface area contributed by atoms with Crippen molar-refractivity contribution < 1.29 is 0 Å². The van der Waals surface area contributed by atoms with Crippen molar-refractivity contribution in [1.82, 2.24) is 9.78 Å². The lowest BCUT2D eigenvalue weighted by Gasteiger charge is -2.12. The number of aryl methyl sites for hydroxylation is 2. The van der Waals surface area contributed by atoms with Crippen molar-refractivity contribution >= 4 is 5.69 Å². The molecule has 0 atom stereocenters. The van der Waals surface area contributed by atoms with E-state index in [-0.39, 0.29) is 0 Å². The maximum Gasteiger partial charge on any atom is 0.0853 e. The minimum Gasteiger partial charge on any atom is -0.379 e. The van der Waals surface area contributed by atoms with E-state index in [9.17, 15) is 0 Å². The maximum absolute atomic E-state index is 4.47. The molecule has 0 spiro atoms. The van der Waals surface area contributed by atoms with E-state index in [1.807, 2.05) is 11.7 Å². The third-order valence-corrected chi connectivity index (χ3v) is 3.65. The summed E-state index contributed by atoms with van der Waals surface area (Å²) in [5.74, 6) is 0. The van der Waals surface area contributed by atoms with Gasteiger partial charge in [0.25, 0.3) is 0 Å². The number of anilines is 1. The Balaban J connectivity index is 1.76. The predicted molar refractivity (Wildman–Crippen MR) is 73.8 cm³/mol. The van der Waals surface area contributed by atoms with Crippen molar-refractivity contribution in [3.05, 3.63) is 47.3 Å². The molecular formula is C15H19N3. The topological polar surface area (TPSA) is 29.9 Å². The first-order valence-corrected chi connectivity index (χ1v) is 6.62. The van der Waals surface area contributed by atoms with Crippen molar-refractivity contribution in [1.29, 1.82) is 0 Å². The summed E-state index contributed by atoms with van der Waals surface area (Å²) >= 11 is 0. The fraction of sp³-hybridized carbons (Fsp3) is 0.400. The average molecular weight is 241 g/mol. The Bertz CT molecular complexity index is 532. The highest BCUT2D eigenvalue weighted by Crippen LogP contribution is 2.25. The highest BCUT2D eigenvalue weighted by atomic mass is 15.3. The maximum atomic E-state index is 4.47. The standard InChI is InChI=1S/C15H19N3/c1-3-14-15(10-18(2)17-14)16-13-8-11-6-4-5-7-12(11)9-13/h4-7,10,13,16H,3,8-9H2,1-2H3. The van der Waals surface area contributed by atoms with Gasteiger partial charge in [-0.3, -0.25) is 4.68 Å². The summed E-state index contributed by atoms with van der Waals surface area (Å²) < 4.78 is 1.89. The summed E-state index contributed by atoms with van der Waals surface area (Å²) in [6.07, 6.45) is 5.30. The van der Waals surface area contributed by atoms with Crippen LogP contribution in [0.3, 0.4) is 0 Å². The van der Waals surface area contributed by atoms with Gasteiger partial charge in [-0.25, -0.2) is 0 Å². The molecule has 3 rings (SSSR count). The van der Waals surface area contributed by atoms with Gasteiger partial charge in [-0.05, 0) is 30.4 Å². The molecule has 0 amide bonds. The molecule has 0 fully saturated rings. The summed E-state index contributed by atoms with van der Waals surface area (Å²) in [5, 5.41) is 8.12. The first-order valence-electron chi connectivity index (χ1n) is 6.62. The number of hydrogen-bond acceptors (Lipinski definition) is 2. The van der Waals surface area contributed by atoms with E-state index in [2.05, 4.69) is 47.8 Å². The minimum atomic E-state index is 0.511. The number of rotatable bonds is 3. The van der Waals surface area contributed by atoms with Gasteiger partial charge in [-0.15, -0.1) is 0 Å². The van der Waals surface area contributed by atoms with E-state index < -0.39 is 0 Å². The summed E-state index contributed by atoms with van der Waals surface area (Å²) in [4.78, 5) is 0. The third-order valence-electron chi connectivity index (χ3n) is 3.65. The molecule has 1 heterocycles. The van der Waals surface area contributed by atoms with Gasteiger partial charge in [0.05, 0.1) is 11.4 Å². The second kappa shape index (κ2) is 4.48. The van der Waals surface area contributed by atoms with E-state index in [1.165, 1.54) is 16.8 Å². The van der Waals surface area contributed by atoms with Gasteiger partial charge in [0.1, 0.15) is 0 Å². The summed E-state index contributed by atoms with van der Waals surface area (Å²) in [6, 6.07) is 9.24. The molecule has 0 aliphatic heterocycles. The number of aromatic nitrogens is 2. The monoisotopic (exact) mass is 241 g/mol. The second-order valence-electron chi connectivity index (χ2n) is 5.03. The average Bonchev–Trinajstić information content (AvgIpc) is 2.92. The first-order chi connectivity index (χ1) is 8.76. The van der Waals surface area contributed by atoms with Crippen LogP contribution >= 0.6 is 0 Å². The molecule has 3 heteroatoms. The van der Waals surface area contributed by atoms with Crippen LogP contribution in [0.2, 0.25) is 0 Å². The lowest BCUT2D eigenvalue weighted by atomic mass is 10.1. The van der Waals surface area contributed by atoms with Gasteiger partial charge in [0.15, 0.2) is 0 Å². The highest BCUT2D eigenvalue weighted by molar-refractivity contribution is 5.49. The SMILES string of the molecule is CCc1nn(C)cc1NC1Cc2ccccc2C1. The molecule has 3 nitrogen and oxygen atoms in total. The van der Waals surface area contributed by atoms with Crippen LogP contribution in [-0.2, 0) is 26.3 Å². The Morgan fingerprint density at radius 1 is 1.28 bits per heavy atom. The van der Waals surface area contributed by atoms with E-state index >= 15 is 0 Å². The fourth-order valence-electron chi connectivity index (χ4n) is 2.80. The second-order valence-corrected chi connectivity index (χ2v) is 5.03. The molecule has 0 radical (unpaired) electrons. The molecule has 18 heavy (non-hydrogen) atoms. The first kappa shape index (κ1) is 11.3. The molecule has 1 aromatic heterocycles. The van der Waals surface area contributed by atoms with Crippen molar-refractivity contribution in [2.24, 2.45) is 7.05 Å². The summed E-state index contributed by atoms with van der Waals surface area (Å²) in [7, 11) is 1.98. The van der Waals surface area contributed by atoms with E-state index in [4.69, 9.17) is 0 Å². The normalized spacial score (nSPS) is 14.8. The third kappa shape index (κ3) is 2.01. The molecule has 1 aromatic carbocycles. The van der Waals surface area contributed by atoms with Crippen molar-refractivity contribution in [3.8, 4) is 0 Å². The molecule has 1 N–H and O–H groups in total. The molecule has 0 unspecified atom stereocenters. The van der Waals surface area contributed by atoms with Gasteiger partial charge < -0.3 is 5.32 Å². The Hall–Kier alpha value is -1.77.